The van der Waals surface area contributed by atoms with Crippen molar-refractivity contribution in [1.82, 2.24) is 0 Å². The first-order valence-electron chi connectivity index (χ1n) is 10.1. The highest BCUT2D eigenvalue weighted by atomic mass is 16.3. The first kappa shape index (κ1) is 21.0. The monoisotopic (exact) mass is 392 g/mol. The molecule has 3 rings (SSSR count). The van der Waals surface area contributed by atoms with Crippen molar-refractivity contribution in [3.8, 4) is 5.75 Å². The molecule has 0 aromatic heterocycles. The molecule has 0 spiro atoms. The lowest BCUT2D eigenvalue weighted by molar-refractivity contribution is -0.113. The minimum atomic E-state index is -0.194. The molecule has 0 radical (unpaired) electrons. The van der Waals surface area contributed by atoms with Crippen LogP contribution in [-0.4, -0.2) is 11.0 Å². The average molecular weight is 393 g/mol. The SMILES string of the molecule is CC1C(C(=O)Nc2cc(O)c(C(C)(C)C)cc2C(C)(C)C)=CNc2ccccc21. The van der Waals surface area contributed by atoms with E-state index >= 15 is 0 Å². The van der Waals surface area contributed by atoms with Crippen LogP contribution < -0.4 is 10.6 Å². The molecule has 1 unspecified atom stereocenters. The Labute approximate surface area is 174 Å². The number of amides is 1. The van der Waals surface area contributed by atoms with E-state index in [1.807, 2.05) is 37.3 Å². The van der Waals surface area contributed by atoms with Gasteiger partial charge in [-0.15, -0.1) is 0 Å². The number of carbonyl (C=O) groups excluding carboxylic acids is 1. The summed E-state index contributed by atoms with van der Waals surface area (Å²) in [4.78, 5) is 13.2. The Morgan fingerprint density at radius 1 is 1.00 bits per heavy atom. The van der Waals surface area contributed by atoms with E-state index in [0.29, 0.717) is 11.3 Å². The Bertz CT molecular complexity index is 975. The van der Waals surface area contributed by atoms with Crippen LogP contribution in [0.2, 0.25) is 0 Å². The fourth-order valence-electron chi connectivity index (χ4n) is 3.82. The molecular weight excluding hydrogens is 360 g/mol. The van der Waals surface area contributed by atoms with Gasteiger partial charge in [0.1, 0.15) is 5.75 Å². The van der Waals surface area contributed by atoms with E-state index < -0.39 is 0 Å². The molecule has 0 saturated heterocycles. The van der Waals surface area contributed by atoms with Gasteiger partial charge in [-0.2, -0.15) is 0 Å². The Morgan fingerprint density at radius 2 is 1.62 bits per heavy atom. The van der Waals surface area contributed by atoms with Crippen LogP contribution in [0.25, 0.3) is 0 Å². The number of nitrogens with one attached hydrogen (secondary N) is 2. The first-order valence-corrected chi connectivity index (χ1v) is 10.1. The Morgan fingerprint density at radius 3 is 2.24 bits per heavy atom. The van der Waals surface area contributed by atoms with E-state index in [9.17, 15) is 9.90 Å². The number of hydrogen-bond donors (Lipinski definition) is 3. The lowest BCUT2D eigenvalue weighted by atomic mass is 9.79. The molecule has 0 aliphatic carbocycles. The Balaban J connectivity index is 1.97. The molecule has 4 nitrogen and oxygen atoms in total. The third-order valence-corrected chi connectivity index (χ3v) is 5.54. The molecule has 29 heavy (non-hydrogen) atoms. The summed E-state index contributed by atoms with van der Waals surface area (Å²) in [6.45, 7) is 14.6. The van der Waals surface area contributed by atoms with Gasteiger partial charge in [-0.3, -0.25) is 4.79 Å². The lowest BCUT2D eigenvalue weighted by Gasteiger charge is -2.29. The number of rotatable bonds is 2. The highest BCUT2D eigenvalue weighted by molar-refractivity contribution is 6.06. The quantitative estimate of drug-likeness (QED) is 0.584. The molecule has 2 aromatic rings. The molecule has 1 aliphatic rings. The number of aromatic hydroxyl groups is 1. The van der Waals surface area contributed by atoms with Crippen molar-refractivity contribution >= 4 is 17.3 Å². The number of carbonyl (C=O) groups is 1. The number of benzene rings is 2. The number of phenols is 1. The van der Waals surface area contributed by atoms with Crippen LogP contribution in [0.4, 0.5) is 11.4 Å². The van der Waals surface area contributed by atoms with E-state index in [-0.39, 0.29) is 28.4 Å². The summed E-state index contributed by atoms with van der Waals surface area (Å²) in [6.07, 6.45) is 1.78. The second-order valence-electron chi connectivity index (χ2n) is 9.92. The van der Waals surface area contributed by atoms with E-state index in [2.05, 4.69) is 52.2 Å². The molecule has 0 saturated carbocycles. The van der Waals surface area contributed by atoms with Gasteiger partial charge in [0.15, 0.2) is 0 Å². The zero-order valence-electron chi connectivity index (χ0n) is 18.5. The second kappa shape index (κ2) is 7.25. The van der Waals surface area contributed by atoms with E-state index in [4.69, 9.17) is 0 Å². The molecule has 3 N–H and O–H groups in total. The van der Waals surface area contributed by atoms with Gasteiger partial charge >= 0.3 is 0 Å². The van der Waals surface area contributed by atoms with Gasteiger partial charge in [0, 0.05) is 35.1 Å². The number of fused-ring (bicyclic) bond motifs is 1. The summed E-state index contributed by atoms with van der Waals surface area (Å²) < 4.78 is 0. The molecule has 2 aromatic carbocycles. The van der Waals surface area contributed by atoms with Gasteiger partial charge in [-0.05, 0) is 39.7 Å². The van der Waals surface area contributed by atoms with Crippen molar-refractivity contribution in [1.29, 1.82) is 0 Å². The maximum atomic E-state index is 13.2. The summed E-state index contributed by atoms with van der Waals surface area (Å²) in [5.74, 6) is 0.0239. The fraction of sp³-hybridized carbons (Fsp3) is 0.400. The Kier molecular flexibility index (Phi) is 5.24. The molecule has 1 aliphatic heterocycles. The third kappa shape index (κ3) is 4.16. The van der Waals surface area contributed by atoms with Crippen LogP contribution in [0.15, 0.2) is 48.2 Å². The fourth-order valence-corrected chi connectivity index (χ4v) is 3.82. The maximum Gasteiger partial charge on any atom is 0.253 e. The van der Waals surface area contributed by atoms with E-state index in [0.717, 1.165) is 22.4 Å². The van der Waals surface area contributed by atoms with Gasteiger partial charge < -0.3 is 15.7 Å². The topological polar surface area (TPSA) is 61.4 Å². The van der Waals surface area contributed by atoms with Crippen LogP contribution >= 0.6 is 0 Å². The van der Waals surface area contributed by atoms with Gasteiger partial charge in [0.2, 0.25) is 0 Å². The first-order chi connectivity index (χ1) is 13.4. The van der Waals surface area contributed by atoms with Crippen molar-refractivity contribution in [2.45, 2.75) is 65.2 Å². The molecular formula is C25H32N2O2. The minimum Gasteiger partial charge on any atom is -0.508 e. The average Bonchev–Trinajstić information content (AvgIpc) is 2.60. The molecule has 1 atom stereocenters. The highest BCUT2D eigenvalue weighted by Crippen LogP contribution is 2.40. The minimum absolute atomic E-state index is 0.0204. The van der Waals surface area contributed by atoms with E-state index in [1.54, 1.807) is 12.3 Å². The van der Waals surface area contributed by atoms with Gasteiger partial charge in [0.05, 0.1) is 0 Å². The molecule has 0 fully saturated rings. The van der Waals surface area contributed by atoms with Gasteiger partial charge in [-0.25, -0.2) is 0 Å². The second-order valence-corrected chi connectivity index (χ2v) is 9.92. The van der Waals surface area contributed by atoms with Gasteiger partial charge in [-0.1, -0.05) is 66.7 Å². The number of hydrogen-bond acceptors (Lipinski definition) is 3. The zero-order valence-corrected chi connectivity index (χ0v) is 18.5. The van der Waals surface area contributed by atoms with Crippen molar-refractivity contribution in [3.63, 3.8) is 0 Å². The summed E-state index contributed by atoms with van der Waals surface area (Å²) in [6, 6.07) is 11.7. The van der Waals surface area contributed by atoms with Crippen LogP contribution in [0, 0.1) is 0 Å². The number of anilines is 2. The predicted octanol–water partition coefficient (Wildman–Crippen LogP) is 6.04. The summed E-state index contributed by atoms with van der Waals surface area (Å²) in [5.41, 5.74) is 4.95. The third-order valence-electron chi connectivity index (χ3n) is 5.54. The van der Waals surface area contributed by atoms with E-state index in [1.165, 1.54) is 0 Å². The predicted molar refractivity (Wildman–Crippen MR) is 121 cm³/mol. The number of phenolic OH excluding ortho intramolecular Hbond substituents is 1. The largest absolute Gasteiger partial charge is 0.508 e. The van der Waals surface area contributed by atoms with Crippen molar-refractivity contribution < 1.29 is 9.90 Å². The normalized spacial score (nSPS) is 16.5. The zero-order chi connectivity index (χ0) is 21.6. The standard InChI is InChI=1S/C25H32N2O2/c1-15-16-10-8-9-11-20(16)26-14-17(15)23(29)27-21-13-22(28)19(25(5,6)7)12-18(21)24(2,3)4/h8-15,26,28H,1-7H3,(H,27,29). The van der Waals surface area contributed by atoms with Crippen LogP contribution in [0.1, 0.15) is 71.1 Å². The Hall–Kier alpha value is -2.75. The lowest BCUT2D eigenvalue weighted by Crippen LogP contribution is -2.25. The molecule has 0 bridgehead atoms. The molecule has 154 valence electrons. The van der Waals surface area contributed by atoms with Crippen LogP contribution in [-0.2, 0) is 15.6 Å². The molecule has 1 heterocycles. The highest BCUT2D eigenvalue weighted by Gasteiger charge is 2.28. The van der Waals surface area contributed by atoms with Crippen LogP contribution in [0.5, 0.6) is 5.75 Å². The van der Waals surface area contributed by atoms with Gasteiger partial charge in [0.25, 0.3) is 5.91 Å². The molecule has 4 heteroatoms. The maximum absolute atomic E-state index is 13.2. The molecule has 1 amide bonds. The number of para-hydroxylation sites is 1. The summed E-state index contributed by atoms with van der Waals surface area (Å²) >= 11 is 0. The summed E-state index contributed by atoms with van der Waals surface area (Å²) in [7, 11) is 0. The van der Waals surface area contributed by atoms with Crippen molar-refractivity contribution in [3.05, 3.63) is 64.9 Å². The van der Waals surface area contributed by atoms with Crippen molar-refractivity contribution in [2.75, 3.05) is 10.6 Å². The summed E-state index contributed by atoms with van der Waals surface area (Å²) in [5, 5.41) is 16.9. The smallest absolute Gasteiger partial charge is 0.253 e. The van der Waals surface area contributed by atoms with Crippen LogP contribution in [0.3, 0.4) is 0 Å². The van der Waals surface area contributed by atoms with Crippen molar-refractivity contribution in [2.24, 2.45) is 0 Å².